The summed E-state index contributed by atoms with van der Waals surface area (Å²) in [5, 5.41) is 13.3. The van der Waals surface area contributed by atoms with Crippen LogP contribution in [0, 0.1) is 0 Å². The summed E-state index contributed by atoms with van der Waals surface area (Å²) in [6.07, 6.45) is 0.612. The molecule has 0 aromatic rings. The molecule has 1 unspecified atom stereocenters. The summed E-state index contributed by atoms with van der Waals surface area (Å²) >= 11 is 0. The molecule has 0 radical (unpaired) electrons. The van der Waals surface area contributed by atoms with Gasteiger partial charge in [-0.2, -0.15) is 5.11 Å². The SMILES string of the molecule is CCC(C)(O)/N=N/[Si](C)(C)C. The predicted molar refractivity (Wildman–Crippen MR) is 49.1 cm³/mol. The molecule has 0 fully saturated rings. The van der Waals surface area contributed by atoms with Crippen molar-refractivity contribution in [3.05, 3.63) is 0 Å². The van der Waals surface area contributed by atoms with E-state index in [9.17, 15) is 5.11 Å². The van der Waals surface area contributed by atoms with Crippen molar-refractivity contribution in [3.63, 3.8) is 0 Å². The van der Waals surface area contributed by atoms with Crippen molar-refractivity contribution in [1.29, 1.82) is 0 Å². The molecule has 0 saturated heterocycles. The Morgan fingerprint density at radius 3 is 2.09 bits per heavy atom. The molecule has 0 bridgehead atoms. The Morgan fingerprint density at radius 2 is 1.82 bits per heavy atom. The maximum Gasteiger partial charge on any atom is 0.200 e. The highest BCUT2D eigenvalue weighted by molar-refractivity contribution is 6.74. The van der Waals surface area contributed by atoms with Gasteiger partial charge in [0.1, 0.15) is 0 Å². The third-order valence-corrected chi connectivity index (χ3v) is 1.94. The lowest BCUT2D eigenvalue weighted by atomic mass is 10.2. The first-order valence-electron chi connectivity index (χ1n) is 3.93. The van der Waals surface area contributed by atoms with Gasteiger partial charge in [-0.05, 0) is 33.0 Å². The minimum atomic E-state index is -1.48. The fourth-order valence-corrected chi connectivity index (χ4v) is 0.844. The molecule has 4 heteroatoms. The van der Waals surface area contributed by atoms with Crippen molar-refractivity contribution in [3.8, 4) is 0 Å². The standard InChI is InChI=1S/C7H18N2OSi/c1-6-7(2,10)8-9-11(3,4)5/h10H,6H2,1-5H3/b9-8+. The van der Waals surface area contributed by atoms with Gasteiger partial charge in [0, 0.05) is 0 Å². The maximum atomic E-state index is 9.45. The van der Waals surface area contributed by atoms with E-state index in [0.717, 1.165) is 0 Å². The second-order valence-electron chi connectivity index (χ2n) is 3.94. The molecule has 11 heavy (non-hydrogen) atoms. The molecule has 0 aliphatic heterocycles. The molecule has 3 nitrogen and oxygen atoms in total. The van der Waals surface area contributed by atoms with Crippen LogP contribution in [0.25, 0.3) is 0 Å². The Morgan fingerprint density at radius 1 is 1.36 bits per heavy atom. The number of hydrogen-bond acceptors (Lipinski definition) is 3. The van der Waals surface area contributed by atoms with Gasteiger partial charge in [-0.3, -0.25) is 0 Å². The van der Waals surface area contributed by atoms with Crippen LogP contribution in [0.4, 0.5) is 0 Å². The zero-order valence-electron chi connectivity index (χ0n) is 8.05. The monoisotopic (exact) mass is 174 g/mol. The molecular formula is C7H18N2OSi. The van der Waals surface area contributed by atoms with E-state index in [0.29, 0.717) is 6.42 Å². The molecule has 66 valence electrons. The van der Waals surface area contributed by atoms with Gasteiger partial charge in [-0.15, -0.1) is 0 Å². The van der Waals surface area contributed by atoms with E-state index < -0.39 is 14.0 Å². The molecular weight excluding hydrogens is 156 g/mol. The summed E-state index contributed by atoms with van der Waals surface area (Å²) in [4.78, 5) is 0. The van der Waals surface area contributed by atoms with E-state index in [1.165, 1.54) is 0 Å². The van der Waals surface area contributed by atoms with Gasteiger partial charge in [-0.1, -0.05) is 6.92 Å². The predicted octanol–water partition coefficient (Wildman–Crippen LogP) is 2.39. The van der Waals surface area contributed by atoms with Crippen LogP contribution < -0.4 is 0 Å². The molecule has 0 heterocycles. The Hall–Kier alpha value is -0.223. The van der Waals surface area contributed by atoms with Crippen molar-refractivity contribution in [1.82, 2.24) is 0 Å². The smallest absolute Gasteiger partial charge is 0.200 e. The molecule has 1 atom stereocenters. The van der Waals surface area contributed by atoms with Crippen LogP contribution in [-0.2, 0) is 0 Å². The average Bonchev–Trinajstić information content (AvgIpc) is 1.83. The lowest BCUT2D eigenvalue weighted by molar-refractivity contribution is 0.0589. The van der Waals surface area contributed by atoms with Gasteiger partial charge in [-0.25, -0.2) is 4.78 Å². The van der Waals surface area contributed by atoms with Crippen molar-refractivity contribution in [2.24, 2.45) is 9.89 Å². The minimum Gasteiger partial charge on any atom is -0.368 e. The first-order chi connectivity index (χ1) is 4.77. The van der Waals surface area contributed by atoms with Gasteiger partial charge in [0.05, 0.1) is 0 Å². The first kappa shape index (κ1) is 10.8. The van der Waals surface area contributed by atoms with E-state index in [4.69, 9.17) is 0 Å². The van der Waals surface area contributed by atoms with Gasteiger partial charge in [0.15, 0.2) is 14.0 Å². The first-order valence-corrected chi connectivity index (χ1v) is 7.38. The molecule has 0 aliphatic carbocycles. The van der Waals surface area contributed by atoms with E-state index in [1.54, 1.807) is 6.92 Å². The summed E-state index contributed by atoms with van der Waals surface area (Å²) in [6, 6.07) is 0. The van der Waals surface area contributed by atoms with Crippen molar-refractivity contribution >= 4 is 8.24 Å². The van der Waals surface area contributed by atoms with E-state index in [2.05, 4.69) is 29.5 Å². The molecule has 0 aromatic heterocycles. The lowest BCUT2D eigenvalue weighted by Gasteiger charge is -2.16. The highest BCUT2D eigenvalue weighted by atomic mass is 28.3. The zero-order chi connectivity index (χ0) is 9.12. The van der Waals surface area contributed by atoms with E-state index in [-0.39, 0.29) is 0 Å². The van der Waals surface area contributed by atoms with Crippen LogP contribution >= 0.6 is 0 Å². The Labute approximate surface area is 69.6 Å². The van der Waals surface area contributed by atoms with E-state index >= 15 is 0 Å². The minimum absolute atomic E-state index is 0.612. The quantitative estimate of drug-likeness (QED) is 0.518. The van der Waals surface area contributed by atoms with Crippen LogP contribution in [-0.4, -0.2) is 19.1 Å². The Balaban J connectivity index is 4.13. The zero-order valence-corrected chi connectivity index (χ0v) is 9.05. The molecule has 0 rings (SSSR count). The summed E-state index contributed by atoms with van der Waals surface area (Å²) < 4.78 is 4.11. The van der Waals surface area contributed by atoms with Crippen LogP contribution in [0.2, 0.25) is 19.6 Å². The van der Waals surface area contributed by atoms with Crippen LogP contribution in [0.1, 0.15) is 20.3 Å². The highest BCUT2D eigenvalue weighted by Crippen LogP contribution is 2.13. The fraction of sp³-hybridized carbons (Fsp3) is 1.00. The number of nitrogens with zero attached hydrogens (tertiary/aromatic N) is 2. The molecule has 0 saturated carbocycles. The normalized spacial score (nSPS) is 18.7. The van der Waals surface area contributed by atoms with Crippen LogP contribution in [0.5, 0.6) is 0 Å². The van der Waals surface area contributed by atoms with Crippen LogP contribution in [0.15, 0.2) is 9.89 Å². The Kier molecular flexibility index (Phi) is 3.38. The molecule has 0 spiro atoms. The van der Waals surface area contributed by atoms with Crippen molar-refractivity contribution in [2.75, 3.05) is 0 Å². The number of aliphatic hydroxyl groups is 1. The third-order valence-electron chi connectivity index (χ3n) is 1.24. The van der Waals surface area contributed by atoms with Gasteiger partial charge in [0.25, 0.3) is 0 Å². The van der Waals surface area contributed by atoms with Crippen LogP contribution in [0.3, 0.4) is 0 Å². The third kappa shape index (κ3) is 6.19. The molecule has 0 aliphatic rings. The summed E-state index contributed by atoms with van der Waals surface area (Å²) in [5.41, 5.74) is -0.958. The van der Waals surface area contributed by atoms with E-state index in [1.807, 2.05) is 6.92 Å². The van der Waals surface area contributed by atoms with Gasteiger partial charge >= 0.3 is 0 Å². The number of hydrogen-bond donors (Lipinski definition) is 1. The lowest BCUT2D eigenvalue weighted by Crippen LogP contribution is -2.22. The highest BCUT2D eigenvalue weighted by Gasteiger charge is 2.18. The molecule has 1 N–H and O–H groups in total. The maximum absolute atomic E-state index is 9.45. The summed E-state index contributed by atoms with van der Waals surface area (Å²) in [5.74, 6) is 0. The number of rotatable bonds is 3. The second kappa shape index (κ2) is 3.45. The van der Waals surface area contributed by atoms with Crippen molar-refractivity contribution in [2.45, 2.75) is 45.6 Å². The Bertz CT molecular complexity index is 149. The van der Waals surface area contributed by atoms with Crippen molar-refractivity contribution < 1.29 is 5.11 Å². The topological polar surface area (TPSA) is 45.0 Å². The molecule has 0 amide bonds. The van der Waals surface area contributed by atoms with Gasteiger partial charge < -0.3 is 5.11 Å². The van der Waals surface area contributed by atoms with Gasteiger partial charge in [0.2, 0.25) is 0 Å². The summed E-state index contributed by atoms with van der Waals surface area (Å²) in [7, 11) is -1.48. The largest absolute Gasteiger partial charge is 0.368 e. The summed E-state index contributed by atoms with van der Waals surface area (Å²) in [6.45, 7) is 9.83. The fourth-order valence-electron chi connectivity index (χ4n) is 0.328. The second-order valence-corrected chi connectivity index (χ2v) is 8.48. The molecule has 0 aromatic carbocycles. The average molecular weight is 174 g/mol.